The summed E-state index contributed by atoms with van der Waals surface area (Å²) in [5.74, 6) is 0.970. The number of aliphatic hydroxyl groups is 1. The molecule has 1 saturated heterocycles. The van der Waals surface area contributed by atoms with Crippen molar-refractivity contribution in [1.29, 1.82) is 0 Å². The van der Waals surface area contributed by atoms with Crippen molar-refractivity contribution in [2.75, 3.05) is 26.3 Å². The lowest BCUT2D eigenvalue weighted by Crippen LogP contribution is -2.33. The topological polar surface area (TPSA) is 32.7 Å². The molecule has 1 fully saturated rings. The first-order valence-electron chi connectivity index (χ1n) is 7.25. The first-order chi connectivity index (χ1) is 9.19. The zero-order valence-electron chi connectivity index (χ0n) is 12.1. The van der Waals surface area contributed by atoms with Crippen LogP contribution in [0, 0.1) is 13.8 Å². The predicted octanol–water partition coefficient (Wildman–Crippen LogP) is 2.53. The van der Waals surface area contributed by atoms with E-state index in [2.05, 4.69) is 36.9 Å². The number of hydrogen-bond acceptors (Lipinski definition) is 3. The molecule has 0 aromatic heterocycles. The highest BCUT2D eigenvalue weighted by atomic mass is 16.5. The third-order valence-electron chi connectivity index (χ3n) is 3.76. The van der Waals surface area contributed by atoms with Gasteiger partial charge < -0.3 is 9.84 Å². The molecule has 0 aliphatic carbocycles. The lowest BCUT2D eigenvalue weighted by molar-refractivity contribution is 0.150. The Hall–Kier alpha value is -1.06. The van der Waals surface area contributed by atoms with Crippen molar-refractivity contribution < 1.29 is 9.84 Å². The molecule has 1 unspecified atom stereocenters. The minimum Gasteiger partial charge on any atom is -0.494 e. The second-order valence-corrected chi connectivity index (χ2v) is 5.54. The second-order valence-electron chi connectivity index (χ2n) is 5.54. The van der Waals surface area contributed by atoms with E-state index in [-0.39, 0.29) is 6.61 Å². The Labute approximate surface area is 116 Å². The van der Waals surface area contributed by atoms with Gasteiger partial charge in [0.25, 0.3) is 0 Å². The standard InChI is InChI=1S/C16H25NO2/c1-13-9-14(2)11-16(10-13)19-8-4-7-17-6-3-5-15(17)12-18/h9-11,15,18H,3-8,12H2,1-2H3. The van der Waals surface area contributed by atoms with Crippen LogP contribution in [0.3, 0.4) is 0 Å². The number of likely N-dealkylation sites (tertiary alicyclic amines) is 1. The number of ether oxygens (including phenoxy) is 1. The quantitative estimate of drug-likeness (QED) is 0.801. The van der Waals surface area contributed by atoms with E-state index in [1.54, 1.807) is 0 Å². The van der Waals surface area contributed by atoms with Gasteiger partial charge in [0.05, 0.1) is 13.2 Å². The number of hydrogen-bond donors (Lipinski definition) is 1. The second kappa shape index (κ2) is 6.92. The SMILES string of the molecule is Cc1cc(C)cc(OCCCN2CCCC2CO)c1. The molecular weight excluding hydrogens is 238 g/mol. The maximum Gasteiger partial charge on any atom is 0.119 e. The molecule has 1 aliphatic rings. The van der Waals surface area contributed by atoms with E-state index >= 15 is 0 Å². The van der Waals surface area contributed by atoms with Gasteiger partial charge in [-0.25, -0.2) is 0 Å². The molecule has 1 aliphatic heterocycles. The molecule has 1 heterocycles. The highest BCUT2D eigenvalue weighted by molar-refractivity contribution is 5.32. The number of aryl methyl sites for hydroxylation is 2. The van der Waals surface area contributed by atoms with Crippen molar-refractivity contribution >= 4 is 0 Å². The van der Waals surface area contributed by atoms with Crippen molar-refractivity contribution in [2.45, 2.75) is 39.2 Å². The van der Waals surface area contributed by atoms with Gasteiger partial charge in [-0.05, 0) is 62.9 Å². The molecular formula is C16H25NO2. The van der Waals surface area contributed by atoms with E-state index in [1.807, 2.05) is 0 Å². The molecule has 0 spiro atoms. The summed E-state index contributed by atoms with van der Waals surface area (Å²) in [4.78, 5) is 2.38. The fraction of sp³-hybridized carbons (Fsp3) is 0.625. The van der Waals surface area contributed by atoms with Crippen molar-refractivity contribution in [3.63, 3.8) is 0 Å². The maximum absolute atomic E-state index is 9.26. The maximum atomic E-state index is 9.26. The Balaban J connectivity index is 1.71. The fourth-order valence-corrected chi connectivity index (χ4v) is 2.87. The van der Waals surface area contributed by atoms with Crippen LogP contribution in [0.15, 0.2) is 18.2 Å². The summed E-state index contributed by atoms with van der Waals surface area (Å²) in [5, 5.41) is 9.26. The van der Waals surface area contributed by atoms with Gasteiger partial charge in [0.1, 0.15) is 5.75 Å². The zero-order valence-corrected chi connectivity index (χ0v) is 12.1. The number of aliphatic hydroxyl groups excluding tert-OH is 1. The summed E-state index contributed by atoms with van der Waals surface area (Å²) >= 11 is 0. The van der Waals surface area contributed by atoms with Crippen LogP contribution in [0.25, 0.3) is 0 Å². The van der Waals surface area contributed by atoms with Crippen molar-refractivity contribution in [2.24, 2.45) is 0 Å². The minimum absolute atomic E-state index is 0.290. The Morgan fingerprint density at radius 2 is 2.00 bits per heavy atom. The third kappa shape index (κ3) is 4.22. The summed E-state index contributed by atoms with van der Waals surface area (Å²) in [5.41, 5.74) is 2.49. The van der Waals surface area contributed by atoms with Gasteiger partial charge in [-0.1, -0.05) is 6.07 Å². The predicted molar refractivity (Wildman–Crippen MR) is 77.7 cm³/mol. The van der Waals surface area contributed by atoms with E-state index in [0.717, 1.165) is 38.3 Å². The van der Waals surface area contributed by atoms with Crippen molar-refractivity contribution in [3.8, 4) is 5.75 Å². The molecule has 0 radical (unpaired) electrons. The number of benzene rings is 1. The van der Waals surface area contributed by atoms with E-state index < -0.39 is 0 Å². The van der Waals surface area contributed by atoms with Crippen LogP contribution in [0.4, 0.5) is 0 Å². The van der Waals surface area contributed by atoms with Crippen molar-refractivity contribution in [3.05, 3.63) is 29.3 Å². The smallest absolute Gasteiger partial charge is 0.119 e. The van der Waals surface area contributed by atoms with Crippen LogP contribution < -0.4 is 4.74 Å². The Bertz CT molecular complexity index is 385. The fourth-order valence-electron chi connectivity index (χ4n) is 2.87. The third-order valence-corrected chi connectivity index (χ3v) is 3.76. The average Bonchev–Trinajstić information content (AvgIpc) is 2.81. The lowest BCUT2D eigenvalue weighted by Gasteiger charge is -2.22. The van der Waals surface area contributed by atoms with Gasteiger partial charge in [0.15, 0.2) is 0 Å². The Morgan fingerprint density at radius 1 is 1.26 bits per heavy atom. The van der Waals surface area contributed by atoms with Crippen LogP contribution in [0.1, 0.15) is 30.4 Å². The Kier molecular flexibility index (Phi) is 5.23. The highest BCUT2D eigenvalue weighted by Crippen LogP contribution is 2.18. The minimum atomic E-state index is 0.290. The molecule has 2 rings (SSSR count). The average molecular weight is 263 g/mol. The largest absolute Gasteiger partial charge is 0.494 e. The highest BCUT2D eigenvalue weighted by Gasteiger charge is 2.22. The molecule has 1 atom stereocenters. The summed E-state index contributed by atoms with van der Waals surface area (Å²) in [6, 6.07) is 6.70. The van der Waals surface area contributed by atoms with Crippen LogP contribution in [0.2, 0.25) is 0 Å². The molecule has 3 nitrogen and oxygen atoms in total. The van der Waals surface area contributed by atoms with E-state index in [0.29, 0.717) is 6.04 Å². The normalized spacial score (nSPS) is 19.8. The van der Waals surface area contributed by atoms with Crippen LogP contribution >= 0.6 is 0 Å². The first-order valence-corrected chi connectivity index (χ1v) is 7.25. The van der Waals surface area contributed by atoms with Gasteiger partial charge in [-0.2, -0.15) is 0 Å². The molecule has 0 bridgehead atoms. The monoisotopic (exact) mass is 263 g/mol. The van der Waals surface area contributed by atoms with Gasteiger partial charge in [-0.3, -0.25) is 4.90 Å². The molecule has 19 heavy (non-hydrogen) atoms. The summed E-state index contributed by atoms with van der Waals surface area (Å²) in [6.45, 7) is 7.37. The number of rotatable bonds is 6. The lowest BCUT2D eigenvalue weighted by atomic mass is 10.1. The van der Waals surface area contributed by atoms with E-state index in [9.17, 15) is 5.11 Å². The number of nitrogens with zero attached hydrogens (tertiary/aromatic N) is 1. The molecule has 106 valence electrons. The summed E-state index contributed by atoms with van der Waals surface area (Å²) in [6.07, 6.45) is 3.36. The van der Waals surface area contributed by atoms with E-state index in [1.165, 1.54) is 17.5 Å². The molecule has 3 heteroatoms. The van der Waals surface area contributed by atoms with Crippen LogP contribution in [0.5, 0.6) is 5.75 Å². The van der Waals surface area contributed by atoms with E-state index in [4.69, 9.17) is 4.74 Å². The van der Waals surface area contributed by atoms with Gasteiger partial charge in [-0.15, -0.1) is 0 Å². The summed E-state index contributed by atoms with van der Waals surface area (Å²) in [7, 11) is 0. The van der Waals surface area contributed by atoms with Crippen LogP contribution in [-0.4, -0.2) is 42.4 Å². The summed E-state index contributed by atoms with van der Waals surface area (Å²) < 4.78 is 5.81. The van der Waals surface area contributed by atoms with Gasteiger partial charge in [0.2, 0.25) is 0 Å². The van der Waals surface area contributed by atoms with Crippen molar-refractivity contribution in [1.82, 2.24) is 4.90 Å². The van der Waals surface area contributed by atoms with Crippen LogP contribution in [-0.2, 0) is 0 Å². The molecule has 0 amide bonds. The van der Waals surface area contributed by atoms with Gasteiger partial charge in [0, 0.05) is 12.6 Å². The van der Waals surface area contributed by atoms with Gasteiger partial charge >= 0.3 is 0 Å². The molecule has 1 aromatic carbocycles. The molecule has 1 N–H and O–H groups in total. The first kappa shape index (κ1) is 14.4. The Morgan fingerprint density at radius 3 is 2.68 bits per heavy atom. The molecule has 0 saturated carbocycles. The molecule has 1 aromatic rings. The zero-order chi connectivity index (χ0) is 13.7.